The highest BCUT2D eigenvalue weighted by Gasteiger charge is 2.47. The molecule has 5 heteroatoms. The fraction of sp³-hybridized carbons (Fsp3) is 0.259. The van der Waals surface area contributed by atoms with Crippen molar-refractivity contribution in [1.82, 2.24) is 0 Å². The smallest absolute Gasteiger partial charge is 0.297 e. The quantitative estimate of drug-likeness (QED) is 0.167. The van der Waals surface area contributed by atoms with Crippen LogP contribution in [-0.2, 0) is 16.2 Å². The van der Waals surface area contributed by atoms with Crippen LogP contribution in [0.25, 0.3) is 33.3 Å². The summed E-state index contributed by atoms with van der Waals surface area (Å²) in [7, 11) is 0. The molecule has 10 rings (SSSR count). The van der Waals surface area contributed by atoms with Crippen molar-refractivity contribution < 1.29 is 8.83 Å². The van der Waals surface area contributed by atoms with E-state index in [4.69, 9.17) is 8.83 Å². The number of para-hydroxylation sites is 1. The van der Waals surface area contributed by atoms with Crippen LogP contribution >= 0.6 is 0 Å². The van der Waals surface area contributed by atoms with Gasteiger partial charge in [-0.1, -0.05) is 117 Å². The van der Waals surface area contributed by atoms with Crippen LogP contribution < -0.4 is 26.4 Å². The summed E-state index contributed by atoms with van der Waals surface area (Å²) in [6.45, 7) is 25.0. The second-order valence-corrected chi connectivity index (χ2v) is 20.0. The molecule has 4 nitrogen and oxygen atoms in total. The van der Waals surface area contributed by atoms with Gasteiger partial charge >= 0.3 is 0 Å². The zero-order valence-electron chi connectivity index (χ0n) is 36.3. The van der Waals surface area contributed by atoms with E-state index in [1.54, 1.807) is 0 Å². The molecule has 4 heterocycles. The number of anilines is 6. The van der Waals surface area contributed by atoms with Crippen molar-refractivity contribution in [3.05, 3.63) is 149 Å². The number of nitrogens with zero attached hydrogens (tertiary/aromatic N) is 2. The minimum absolute atomic E-state index is 0.0366. The molecule has 0 aliphatic carbocycles. The summed E-state index contributed by atoms with van der Waals surface area (Å²) in [4.78, 5) is 5.01. The third kappa shape index (κ3) is 5.87. The van der Waals surface area contributed by atoms with Crippen molar-refractivity contribution >= 4 is 79.4 Å². The maximum Gasteiger partial charge on any atom is 0.297 e. The van der Waals surface area contributed by atoms with Crippen molar-refractivity contribution in [1.29, 1.82) is 0 Å². The molecule has 2 aliphatic heterocycles. The molecular formula is C54H53BN2O2. The normalized spacial score (nSPS) is 13.9. The molecule has 0 atom stereocenters. The first-order chi connectivity index (χ1) is 28.0. The highest BCUT2D eigenvalue weighted by Crippen LogP contribution is 2.49. The minimum Gasteiger partial charge on any atom is -0.468 e. The van der Waals surface area contributed by atoms with E-state index >= 15 is 0 Å². The molecule has 0 bridgehead atoms. The molecule has 0 unspecified atom stereocenters. The van der Waals surface area contributed by atoms with Crippen LogP contribution in [0.3, 0.4) is 0 Å². The Morgan fingerprint density at radius 1 is 0.492 bits per heavy atom. The minimum atomic E-state index is -0.115. The number of hydrogen-bond acceptors (Lipinski definition) is 4. The summed E-state index contributed by atoms with van der Waals surface area (Å²) in [5, 5.41) is 2.24. The Morgan fingerprint density at radius 2 is 1.10 bits per heavy atom. The van der Waals surface area contributed by atoms with Crippen molar-refractivity contribution in [3.8, 4) is 11.3 Å². The van der Waals surface area contributed by atoms with E-state index in [1.165, 1.54) is 55.8 Å². The van der Waals surface area contributed by atoms with E-state index in [9.17, 15) is 0 Å². The van der Waals surface area contributed by atoms with Gasteiger partial charge in [0.15, 0.2) is 0 Å². The molecule has 59 heavy (non-hydrogen) atoms. The molecule has 2 aliphatic rings. The Balaban J connectivity index is 1.27. The Hall–Kier alpha value is -5.94. The monoisotopic (exact) mass is 772 g/mol. The van der Waals surface area contributed by atoms with E-state index in [1.807, 2.05) is 12.1 Å². The van der Waals surface area contributed by atoms with Gasteiger partial charge in [-0.25, -0.2) is 0 Å². The van der Waals surface area contributed by atoms with E-state index in [0.29, 0.717) is 0 Å². The number of rotatable bonds is 3. The van der Waals surface area contributed by atoms with E-state index in [2.05, 4.69) is 195 Å². The lowest BCUT2D eigenvalue weighted by molar-refractivity contribution is 0.590. The first-order valence-electron chi connectivity index (χ1n) is 21.1. The lowest BCUT2D eigenvalue weighted by atomic mass is 9.35. The van der Waals surface area contributed by atoms with Crippen LogP contribution in [0.1, 0.15) is 90.1 Å². The first kappa shape index (κ1) is 37.3. The van der Waals surface area contributed by atoms with E-state index < -0.39 is 0 Å². The maximum atomic E-state index is 7.27. The molecule has 0 saturated carbocycles. The fourth-order valence-corrected chi connectivity index (χ4v) is 9.55. The summed E-state index contributed by atoms with van der Waals surface area (Å²) in [6, 6.07) is 45.0. The van der Waals surface area contributed by atoms with Crippen LogP contribution in [0.5, 0.6) is 0 Å². The molecule has 0 radical (unpaired) electrons. The predicted molar refractivity (Wildman–Crippen MR) is 251 cm³/mol. The molecule has 0 amide bonds. The topological polar surface area (TPSA) is 32.8 Å². The van der Waals surface area contributed by atoms with Gasteiger partial charge in [-0.2, -0.15) is 0 Å². The van der Waals surface area contributed by atoms with Crippen LogP contribution in [0.15, 0.2) is 130 Å². The van der Waals surface area contributed by atoms with Gasteiger partial charge in [-0.05, 0) is 136 Å². The number of aryl methyl sites for hydroxylation is 2. The largest absolute Gasteiger partial charge is 0.468 e. The zero-order chi connectivity index (χ0) is 41.3. The summed E-state index contributed by atoms with van der Waals surface area (Å²) in [6.07, 6.45) is 0. The van der Waals surface area contributed by atoms with Crippen LogP contribution in [0.4, 0.5) is 34.1 Å². The Morgan fingerprint density at radius 3 is 1.76 bits per heavy atom. The van der Waals surface area contributed by atoms with Crippen molar-refractivity contribution in [2.24, 2.45) is 0 Å². The second-order valence-electron chi connectivity index (χ2n) is 20.0. The zero-order valence-corrected chi connectivity index (χ0v) is 36.3. The third-order valence-electron chi connectivity index (χ3n) is 12.7. The lowest BCUT2D eigenvalue weighted by Gasteiger charge is -2.43. The Kier molecular flexibility index (Phi) is 8.09. The number of furan rings is 2. The number of fused-ring (bicyclic) bond motifs is 7. The molecule has 8 aromatic rings. The third-order valence-corrected chi connectivity index (χ3v) is 12.7. The van der Waals surface area contributed by atoms with Gasteiger partial charge in [0.05, 0.1) is 17.0 Å². The highest BCUT2D eigenvalue weighted by molar-refractivity contribution is 7.00. The molecule has 6 aromatic carbocycles. The van der Waals surface area contributed by atoms with Crippen LogP contribution in [0.2, 0.25) is 0 Å². The Labute approximate surface area is 349 Å². The molecule has 0 spiro atoms. The Bertz CT molecular complexity index is 2920. The van der Waals surface area contributed by atoms with Crippen molar-refractivity contribution in [2.45, 2.75) is 92.4 Å². The number of hydrogen-bond donors (Lipinski definition) is 0. The van der Waals surface area contributed by atoms with Crippen molar-refractivity contribution in [3.63, 3.8) is 0 Å². The summed E-state index contributed by atoms with van der Waals surface area (Å²) >= 11 is 0. The molecule has 2 aromatic heterocycles. The SMILES string of the molecule is Cc1cc(-c2cc3ccccc3o2)cc(C)c1N1c2cccc3c2B(c2cc(C(C)(C)C)ccc2N3c2ccc(C(C)(C)C)cc2)c2oc3ccc(C(C)(C)C)cc3c21. The average molecular weight is 773 g/mol. The van der Waals surface area contributed by atoms with Gasteiger partial charge in [0.1, 0.15) is 16.9 Å². The molecule has 0 saturated heterocycles. The van der Waals surface area contributed by atoms with Gasteiger partial charge in [0, 0.05) is 39.1 Å². The van der Waals surface area contributed by atoms with Gasteiger partial charge in [-0.3, -0.25) is 0 Å². The number of benzene rings is 6. The molecule has 0 fully saturated rings. The second kappa shape index (κ2) is 12.8. The predicted octanol–water partition coefficient (Wildman–Crippen LogP) is 13.4. The molecule has 0 N–H and O–H groups in total. The summed E-state index contributed by atoms with van der Waals surface area (Å²) in [5.41, 5.74) is 19.6. The summed E-state index contributed by atoms with van der Waals surface area (Å²) < 4.78 is 13.7. The van der Waals surface area contributed by atoms with Gasteiger partial charge in [-0.15, -0.1) is 0 Å². The van der Waals surface area contributed by atoms with E-state index in [0.717, 1.165) is 56.0 Å². The molecular weight excluding hydrogens is 719 g/mol. The van der Waals surface area contributed by atoms with Crippen molar-refractivity contribution in [2.75, 3.05) is 9.80 Å². The first-order valence-corrected chi connectivity index (χ1v) is 21.1. The molecule has 294 valence electrons. The summed E-state index contributed by atoms with van der Waals surface area (Å²) in [5.74, 6) is 0.878. The van der Waals surface area contributed by atoms with Crippen LogP contribution in [-0.4, -0.2) is 6.71 Å². The standard InChI is InChI=1S/C54H53BN2O2/c1-32-27-35(47-29-34-15-12-13-18-45(34)58-47)28-33(2)49(32)57-44-17-14-16-43-48(44)55(51-50(57)40-30-37(53(6,7)8)22-26-46(40)59-51)41-31-38(54(9,10)11)21-25-42(41)56(43)39-23-19-36(20-24-39)52(3,4)5/h12-31H,1-11H3. The fourth-order valence-electron chi connectivity index (χ4n) is 9.55. The van der Waals surface area contributed by atoms with E-state index in [-0.39, 0.29) is 23.0 Å². The average Bonchev–Trinajstić information content (AvgIpc) is 3.79. The van der Waals surface area contributed by atoms with Crippen LogP contribution in [0, 0.1) is 13.8 Å². The van der Waals surface area contributed by atoms with Gasteiger partial charge in [0.2, 0.25) is 0 Å². The van der Waals surface area contributed by atoms with Gasteiger partial charge in [0.25, 0.3) is 6.71 Å². The van der Waals surface area contributed by atoms with Gasteiger partial charge < -0.3 is 18.6 Å². The maximum absolute atomic E-state index is 7.27. The highest BCUT2D eigenvalue weighted by atomic mass is 16.3. The lowest BCUT2D eigenvalue weighted by Crippen LogP contribution is -2.61.